The molecule has 2 unspecified atom stereocenters. The predicted molar refractivity (Wildman–Crippen MR) is 98.2 cm³/mol. The lowest BCUT2D eigenvalue weighted by molar-refractivity contribution is -0.257. The number of halogens is 4. The number of hydrogen-bond acceptors (Lipinski definition) is 3. The fourth-order valence-electron chi connectivity index (χ4n) is 3.47. The van der Waals surface area contributed by atoms with Crippen molar-refractivity contribution in [3.05, 3.63) is 47.8 Å². The van der Waals surface area contributed by atoms with E-state index in [1.807, 2.05) is 12.1 Å². The lowest BCUT2D eigenvalue weighted by Crippen LogP contribution is -2.56. The Morgan fingerprint density at radius 1 is 1.19 bits per heavy atom. The van der Waals surface area contributed by atoms with Crippen molar-refractivity contribution >= 4 is 11.6 Å². The van der Waals surface area contributed by atoms with Crippen molar-refractivity contribution in [1.82, 2.24) is 4.98 Å². The van der Waals surface area contributed by atoms with Gasteiger partial charge in [-0.25, -0.2) is 0 Å². The van der Waals surface area contributed by atoms with Crippen LogP contribution < -0.4 is 4.74 Å². The van der Waals surface area contributed by atoms with Crippen molar-refractivity contribution in [2.24, 2.45) is 0 Å². The minimum absolute atomic E-state index is 0.456. The lowest BCUT2D eigenvalue weighted by Gasteiger charge is -2.41. The molecule has 7 heteroatoms. The highest BCUT2D eigenvalue weighted by atomic mass is 35.5. The molecule has 1 N–H and O–H groups in total. The first-order valence-corrected chi connectivity index (χ1v) is 9.03. The zero-order valence-corrected chi connectivity index (χ0v) is 16.0. The number of ether oxygens (including phenoxy) is 1. The first kappa shape index (κ1) is 20.0. The normalized spacial score (nSPS) is 17.8. The predicted octanol–water partition coefficient (Wildman–Crippen LogP) is 4.88. The van der Waals surface area contributed by atoms with Crippen LogP contribution in [0.2, 0.25) is 0 Å². The fourth-order valence-corrected chi connectivity index (χ4v) is 3.71. The summed E-state index contributed by atoms with van der Waals surface area (Å²) in [6.45, 7) is 4.35. The standard InChI is InChI=1S/C20H21ClF3NO2/c1-18(2,17(21)19(3,26)20(22,23)24)15-10-14(13-5-4-7-25-11-13)9-12-6-8-27-16(12)15/h4-5,7,9-11,17,26H,6,8H2,1-3H3. The number of alkyl halides is 4. The maximum absolute atomic E-state index is 13.4. The number of rotatable bonds is 4. The third-order valence-corrected chi connectivity index (χ3v) is 6.14. The van der Waals surface area contributed by atoms with Crippen LogP contribution in [0.3, 0.4) is 0 Å². The van der Waals surface area contributed by atoms with Crippen molar-refractivity contribution in [2.75, 3.05) is 6.61 Å². The van der Waals surface area contributed by atoms with Gasteiger partial charge in [0.25, 0.3) is 0 Å². The highest BCUT2D eigenvalue weighted by Crippen LogP contribution is 2.48. The molecule has 0 spiro atoms. The molecule has 27 heavy (non-hydrogen) atoms. The van der Waals surface area contributed by atoms with Gasteiger partial charge in [0.15, 0.2) is 5.60 Å². The van der Waals surface area contributed by atoms with Crippen LogP contribution in [0.1, 0.15) is 31.9 Å². The topological polar surface area (TPSA) is 42.4 Å². The molecular formula is C20H21ClF3NO2. The van der Waals surface area contributed by atoms with E-state index in [9.17, 15) is 18.3 Å². The van der Waals surface area contributed by atoms with Crippen molar-refractivity contribution in [3.8, 4) is 16.9 Å². The van der Waals surface area contributed by atoms with E-state index in [0.29, 0.717) is 31.3 Å². The van der Waals surface area contributed by atoms with Crippen molar-refractivity contribution in [2.45, 2.75) is 49.8 Å². The molecular weight excluding hydrogens is 379 g/mol. The van der Waals surface area contributed by atoms with Crippen LogP contribution in [0.4, 0.5) is 13.2 Å². The first-order valence-electron chi connectivity index (χ1n) is 8.60. The molecule has 0 saturated heterocycles. The lowest BCUT2D eigenvalue weighted by atomic mass is 9.73. The molecule has 3 nitrogen and oxygen atoms in total. The number of benzene rings is 1. The van der Waals surface area contributed by atoms with Crippen molar-refractivity contribution in [3.63, 3.8) is 0 Å². The Bertz CT molecular complexity index is 835. The van der Waals surface area contributed by atoms with Crippen LogP contribution in [-0.4, -0.2) is 33.9 Å². The summed E-state index contributed by atoms with van der Waals surface area (Å²) in [5, 5.41) is 8.52. The molecule has 0 radical (unpaired) electrons. The van der Waals surface area contributed by atoms with E-state index >= 15 is 0 Å². The highest BCUT2D eigenvalue weighted by molar-refractivity contribution is 6.22. The minimum atomic E-state index is -4.86. The quantitative estimate of drug-likeness (QED) is 0.745. The Morgan fingerprint density at radius 2 is 1.89 bits per heavy atom. The SMILES string of the molecule is CC(C)(c1cc(-c2cccnc2)cc2c1OCC2)C(Cl)C(C)(O)C(F)(F)F. The summed E-state index contributed by atoms with van der Waals surface area (Å²) in [5.74, 6) is 0.552. The minimum Gasteiger partial charge on any atom is -0.493 e. The summed E-state index contributed by atoms with van der Waals surface area (Å²) >= 11 is 6.25. The largest absolute Gasteiger partial charge is 0.493 e. The average Bonchev–Trinajstić information content (AvgIpc) is 3.08. The van der Waals surface area contributed by atoms with E-state index < -0.39 is 22.6 Å². The van der Waals surface area contributed by atoms with Gasteiger partial charge in [0.1, 0.15) is 5.75 Å². The monoisotopic (exact) mass is 399 g/mol. The van der Waals surface area contributed by atoms with E-state index in [1.165, 1.54) is 0 Å². The summed E-state index contributed by atoms with van der Waals surface area (Å²) in [7, 11) is 0. The van der Waals surface area contributed by atoms with E-state index in [1.54, 1.807) is 38.4 Å². The average molecular weight is 400 g/mol. The number of hydrogen-bond donors (Lipinski definition) is 1. The number of aliphatic hydroxyl groups is 1. The first-order chi connectivity index (χ1) is 12.5. The number of aromatic nitrogens is 1. The van der Waals surface area contributed by atoms with Crippen LogP contribution in [0, 0.1) is 0 Å². The molecule has 0 aliphatic carbocycles. The van der Waals surface area contributed by atoms with Crippen molar-refractivity contribution in [1.29, 1.82) is 0 Å². The third-order valence-electron chi connectivity index (χ3n) is 5.17. The Labute approximate surface area is 161 Å². The molecule has 0 amide bonds. The Kier molecular flexibility index (Phi) is 4.93. The van der Waals surface area contributed by atoms with Crippen LogP contribution in [0.25, 0.3) is 11.1 Å². The highest BCUT2D eigenvalue weighted by Gasteiger charge is 2.59. The molecule has 2 aromatic rings. The van der Waals surface area contributed by atoms with Gasteiger partial charge in [0.05, 0.1) is 12.0 Å². The number of nitrogens with zero attached hydrogens (tertiary/aromatic N) is 1. The molecule has 1 aromatic heterocycles. The summed E-state index contributed by atoms with van der Waals surface area (Å²) in [5.41, 5.74) is -1.15. The summed E-state index contributed by atoms with van der Waals surface area (Å²) in [6, 6.07) is 7.42. The van der Waals surface area contributed by atoms with E-state index in [4.69, 9.17) is 16.3 Å². The molecule has 1 aliphatic rings. The molecule has 146 valence electrons. The number of pyridine rings is 1. The van der Waals surface area contributed by atoms with Gasteiger partial charge in [-0.1, -0.05) is 19.9 Å². The second kappa shape index (κ2) is 6.67. The van der Waals surface area contributed by atoms with Crippen LogP contribution in [-0.2, 0) is 11.8 Å². The maximum atomic E-state index is 13.4. The van der Waals surface area contributed by atoms with Crippen LogP contribution in [0.15, 0.2) is 36.7 Å². The molecule has 1 aromatic carbocycles. The summed E-state index contributed by atoms with van der Waals surface area (Å²) < 4.78 is 45.8. The van der Waals surface area contributed by atoms with Crippen LogP contribution in [0.5, 0.6) is 5.75 Å². The van der Waals surface area contributed by atoms with Crippen molar-refractivity contribution < 1.29 is 23.0 Å². The van der Waals surface area contributed by atoms with Gasteiger partial charge in [0, 0.05) is 35.4 Å². The van der Waals surface area contributed by atoms with Gasteiger partial charge >= 0.3 is 6.18 Å². The van der Waals surface area contributed by atoms with Gasteiger partial charge in [-0.15, -0.1) is 11.6 Å². The van der Waals surface area contributed by atoms with E-state index in [2.05, 4.69) is 4.98 Å². The second-order valence-electron chi connectivity index (χ2n) is 7.58. The Hall–Kier alpha value is -1.79. The Morgan fingerprint density at radius 3 is 2.48 bits per heavy atom. The molecule has 3 rings (SSSR count). The van der Waals surface area contributed by atoms with E-state index in [0.717, 1.165) is 16.7 Å². The fraction of sp³-hybridized carbons (Fsp3) is 0.450. The molecule has 0 saturated carbocycles. The number of fused-ring (bicyclic) bond motifs is 1. The van der Waals surface area contributed by atoms with Gasteiger partial charge in [-0.3, -0.25) is 4.98 Å². The summed E-state index contributed by atoms with van der Waals surface area (Å²) in [4.78, 5) is 4.11. The second-order valence-corrected chi connectivity index (χ2v) is 8.02. The Balaban J connectivity index is 2.14. The zero-order chi connectivity index (χ0) is 20.0. The van der Waals surface area contributed by atoms with Gasteiger partial charge < -0.3 is 9.84 Å². The van der Waals surface area contributed by atoms with E-state index in [-0.39, 0.29) is 0 Å². The summed E-state index contributed by atoms with van der Waals surface area (Å²) in [6.07, 6.45) is -0.852. The van der Waals surface area contributed by atoms with Gasteiger partial charge in [0.2, 0.25) is 0 Å². The van der Waals surface area contributed by atoms with Crippen LogP contribution >= 0.6 is 11.6 Å². The smallest absolute Gasteiger partial charge is 0.418 e. The molecule has 2 heterocycles. The molecule has 2 atom stereocenters. The van der Waals surface area contributed by atoms with Gasteiger partial charge in [-0.2, -0.15) is 13.2 Å². The molecule has 0 bridgehead atoms. The maximum Gasteiger partial charge on any atom is 0.418 e. The third kappa shape index (κ3) is 3.41. The zero-order valence-electron chi connectivity index (χ0n) is 15.3. The molecule has 1 aliphatic heterocycles. The van der Waals surface area contributed by atoms with Gasteiger partial charge in [-0.05, 0) is 36.2 Å². The molecule has 0 fully saturated rings.